The van der Waals surface area contributed by atoms with Crippen LogP contribution in [0.2, 0.25) is 5.02 Å². The maximum absolute atomic E-state index is 12.6. The van der Waals surface area contributed by atoms with E-state index < -0.39 is 5.97 Å². The van der Waals surface area contributed by atoms with Crippen molar-refractivity contribution in [1.29, 1.82) is 0 Å². The number of carbonyl (C=O) groups excluding carboxylic acids is 1. The van der Waals surface area contributed by atoms with Crippen LogP contribution < -0.4 is 10.1 Å². The number of carbonyl (C=O) groups is 2. The first-order chi connectivity index (χ1) is 14.9. The Labute approximate surface area is 183 Å². The molecule has 31 heavy (non-hydrogen) atoms. The van der Waals surface area contributed by atoms with E-state index in [0.29, 0.717) is 33.5 Å². The number of fused-ring (bicyclic) bond motifs is 1. The van der Waals surface area contributed by atoms with E-state index in [1.165, 1.54) is 0 Å². The van der Waals surface area contributed by atoms with Crippen molar-refractivity contribution in [3.8, 4) is 11.5 Å². The van der Waals surface area contributed by atoms with Crippen molar-refractivity contribution in [2.45, 2.75) is 13.3 Å². The van der Waals surface area contributed by atoms with Crippen LogP contribution in [0.3, 0.4) is 0 Å². The van der Waals surface area contributed by atoms with Crippen molar-refractivity contribution in [2.75, 3.05) is 5.32 Å². The molecule has 4 aromatic rings. The topological polar surface area (TPSA) is 91.4 Å². The zero-order chi connectivity index (χ0) is 22.0. The van der Waals surface area contributed by atoms with Crippen LogP contribution in [0.25, 0.3) is 10.9 Å². The molecule has 1 amide bonds. The minimum Gasteiger partial charge on any atom is -0.481 e. The first kappa shape index (κ1) is 20.5. The number of hydrogen-bond acceptors (Lipinski definition) is 3. The molecule has 0 saturated heterocycles. The van der Waals surface area contributed by atoms with Gasteiger partial charge in [-0.1, -0.05) is 35.9 Å². The van der Waals surface area contributed by atoms with Crippen LogP contribution in [-0.2, 0) is 11.2 Å². The molecule has 3 N–H and O–H groups in total. The highest BCUT2D eigenvalue weighted by Crippen LogP contribution is 2.32. The van der Waals surface area contributed by atoms with Gasteiger partial charge >= 0.3 is 5.97 Å². The first-order valence-electron chi connectivity index (χ1n) is 9.57. The number of aryl methyl sites for hydroxylation is 1. The second-order valence-corrected chi connectivity index (χ2v) is 7.55. The summed E-state index contributed by atoms with van der Waals surface area (Å²) < 4.78 is 5.84. The SMILES string of the molecule is Cc1cc(Oc2ccc(CC(=O)O)cc2Cl)ccc1NC(=O)c1cc2ccccc2[nH]1. The Morgan fingerprint density at radius 3 is 2.58 bits per heavy atom. The lowest BCUT2D eigenvalue weighted by Gasteiger charge is -2.12. The van der Waals surface area contributed by atoms with E-state index in [1.54, 1.807) is 36.4 Å². The lowest BCUT2D eigenvalue weighted by molar-refractivity contribution is -0.136. The molecule has 0 aliphatic heterocycles. The Bertz CT molecular complexity index is 1260. The van der Waals surface area contributed by atoms with E-state index in [2.05, 4.69) is 10.3 Å². The third-order valence-electron chi connectivity index (χ3n) is 4.80. The quantitative estimate of drug-likeness (QED) is 0.357. The molecule has 0 aliphatic carbocycles. The number of aromatic nitrogens is 1. The zero-order valence-electron chi connectivity index (χ0n) is 16.6. The number of carboxylic acid groups (broad SMARTS) is 1. The fourth-order valence-corrected chi connectivity index (χ4v) is 3.51. The van der Waals surface area contributed by atoms with Crippen molar-refractivity contribution < 1.29 is 19.4 Å². The van der Waals surface area contributed by atoms with Crippen molar-refractivity contribution in [1.82, 2.24) is 4.98 Å². The average molecular weight is 435 g/mol. The number of aliphatic carboxylic acids is 1. The largest absolute Gasteiger partial charge is 0.481 e. The molecule has 0 bridgehead atoms. The molecular weight excluding hydrogens is 416 g/mol. The Balaban J connectivity index is 1.48. The third-order valence-corrected chi connectivity index (χ3v) is 5.10. The van der Waals surface area contributed by atoms with Crippen LogP contribution in [0.5, 0.6) is 11.5 Å². The Kier molecular flexibility index (Phi) is 5.64. The van der Waals surface area contributed by atoms with Crippen molar-refractivity contribution in [3.05, 3.63) is 88.6 Å². The summed E-state index contributed by atoms with van der Waals surface area (Å²) in [6, 6.07) is 19.7. The van der Waals surface area contributed by atoms with Gasteiger partial charge in [0, 0.05) is 16.6 Å². The zero-order valence-corrected chi connectivity index (χ0v) is 17.4. The van der Waals surface area contributed by atoms with Crippen LogP contribution in [-0.4, -0.2) is 22.0 Å². The Morgan fingerprint density at radius 1 is 1.06 bits per heavy atom. The van der Waals surface area contributed by atoms with E-state index in [-0.39, 0.29) is 12.3 Å². The molecule has 156 valence electrons. The van der Waals surface area contributed by atoms with E-state index in [1.807, 2.05) is 37.3 Å². The van der Waals surface area contributed by atoms with Crippen molar-refractivity contribution >= 4 is 40.1 Å². The Morgan fingerprint density at radius 2 is 1.87 bits per heavy atom. The molecule has 0 spiro atoms. The maximum Gasteiger partial charge on any atom is 0.307 e. The molecular formula is C24H19ClN2O4. The smallest absolute Gasteiger partial charge is 0.307 e. The van der Waals surface area contributed by atoms with E-state index in [9.17, 15) is 9.59 Å². The van der Waals surface area contributed by atoms with Gasteiger partial charge in [0.2, 0.25) is 0 Å². The number of para-hydroxylation sites is 1. The molecule has 6 nitrogen and oxygen atoms in total. The summed E-state index contributed by atoms with van der Waals surface area (Å²) >= 11 is 6.23. The summed E-state index contributed by atoms with van der Waals surface area (Å²) in [7, 11) is 0. The number of rotatable bonds is 6. The normalized spacial score (nSPS) is 10.8. The highest BCUT2D eigenvalue weighted by Gasteiger charge is 2.12. The van der Waals surface area contributed by atoms with Crippen LogP contribution in [0.15, 0.2) is 66.7 Å². The number of anilines is 1. The lowest BCUT2D eigenvalue weighted by Crippen LogP contribution is -2.13. The van der Waals surface area contributed by atoms with Gasteiger partial charge in [-0.2, -0.15) is 0 Å². The number of aromatic amines is 1. The van der Waals surface area contributed by atoms with Gasteiger partial charge < -0.3 is 20.1 Å². The summed E-state index contributed by atoms with van der Waals surface area (Å²) in [5.74, 6) is -0.186. The number of halogens is 1. The number of carboxylic acids is 1. The van der Waals surface area contributed by atoms with Crippen molar-refractivity contribution in [2.24, 2.45) is 0 Å². The highest BCUT2D eigenvalue weighted by molar-refractivity contribution is 6.32. The minimum absolute atomic E-state index is 0.107. The van der Waals surface area contributed by atoms with Gasteiger partial charge in [0.05, 0.1) is 11.4 Å². The molecule has 0 radical (unpaired) electrons. The number of ether oxygens (including phenoxy) is 1. The summed E-state index contributed by atoms with van der Waals surface area (Å²) in [5, 5.41) is 13.1. The van der Waals surface area contributed by atoms with Gasteiger partial charge in [0.25, 0.3) is 5.91 Å². The summed E-state index contributed by atoms with van der Waals surface area (Å²) in [5.41, 5.74) is 3.46. The Hall–Kier alpha value is -3.77. The second-order valence-electron chi connectivity index (χ2n) is 7.14. The number of H-pyrrole nitrogens is 1. The standard InChI is InChI=1S/C24H19ClN2O4/c1-14-10-17(31-22-9-6-15(11-18(22)25)12-23(28)29)7-8-19(14)27-24(30)21-13-16-4-2-3-5-20(16)26-21/h2-11,13,26H,12H2,1H3,(H,27,30)(H,28,29). The summed E-state index contributed by atoms with van der Waals surface area (Å²) in [6.07, 6.45) is -0.107. The van der Waals surface area contributed by atoms with Crippen LogP contribution in [0.4, 0.5) is 5.69 Å². The molecule has 0 unspecified atom stereocenters. The highest BCUT2D eigenvalue weighted by atomic mass is 35.5. The van der Waals surface area contributed by atoms with Crippen molar-refractivity contribution in [3.63, 3.8) is 0 Å². The van der Waals surface area contributed by atoms with E-state index in [0.717, 1.165) is 16.5 Å². The predicted molar refractivity (Wildman–Crippen MR) is 120 cm³/mol. The van der Waals surface area contributed by atoms with Gasteiger partial charge in [0.1, 0.15) is 17.2 Å². The molecule has 4 rings (SSSR count). The number of benzene rings is 3. The van der Waals surface area contributed by atoms with E-state index >= 15 is 0 Å². The van der Waals surface area contributed by atoms with Crippen LogP contribution in [0, 0.1) is 6.92 Å². The molecule has 3 aromatic carbocycles. The van der Waals surface area contributed by atoms with E-state index in [4.69, 9.17) is 21.4 Å². The minimum atomic E-state index is -0.926. The third kappa shape index (κ3) is 4.70. The number of nitrogens with one attached hydrogen (secondary N) is 2. The molecule has 0 saturated carbocycles. The molecule has 1 heterocycles. The number of hydrogen-bond donors (Lipinski definition) is 3. The molecule has 0 atom stereocenters. The monoisotopic (exact) mass is 434 g/mol. The maximum atomic E-state index is 12.6. The summed E-state index contributed by atoms with van der Waals surface area (Å²) in [4.78, 5) is 26.6. The lowest BCUT2D eigenvalue weighted by atomic mass is 10.1. The fraction of sp³-hybridized carbons (Fsp3) is 0.0833. The van der Waals surface area contributed by atoms with Gasteiger partial charge in [-0.05, 0) is 60.5 Å². The summed E-state index contributed by atoms with van der Waals surface area (Å²) in [6.45, 7) is 1.87. The molecule has 0 fully saturated rings. The van der Waals surface area contributed by atoms with Gasteiger partial charge in [-0.25, -0.2) is 0 Å². The second kappa shape index (κ2) is 8.53. The average Bonchev–Trinajstić information content (AvgIpc) is 3.16. The number of amides is 1. The fourth-order valence-electron chi connectivity index (χ4n) is 3.26. The molecule has 7 heteroatoms. The predicted octanol–water partition coefficient (Wildman–Crippen LogP) is 5.80. The van der Waals surface area contributed by atoms with Crippen LogP contribution in [0.1, 0.15) is 21.6 Å². The van der Waals surface area contributed by atoms with Gasteiger partial charge in [-0.3, -0.25) is 9.59 Å². The van der Waals surface area contributed by atoms with Crippen LogP contribution >= 0.6 is 11.6 Å². The first-order valence-corrected chi connectivity index (χ1v) is 9.94. The molecule has 0 aliphatic rings. The van der Waals surface area contributed by atoms with Gasteiger partial charge in [0.15, 0.2) is 0 Å². The molecule has 1 aromatic heterocycles. The van der Waals surface area contributed by atoms with Gasteiger partial charge in [-0.15, -0.1) is 0 Å².